The highest BCUT2D eigenvalue weighted by Crippen LogP contribution is 2.35. The van der Waals surface area contributed by atoms with Crippen molar-refractivity contribution in [3.63, 3.8) is 0 Å². The van der Waals surface area contributed by atoms with Gasteiger partial charge in [0.1, 0.15) is 0 Å². The Labute approximate surface area is 130 Å². The van der Waals surface area contributed by atoms with E-state index in [-0.39, 0.29) is 11.7 Å². The van der Waals surface area contributed by atoms with Crippen LogP contribution in [-0.2, 0) is 16.1 Å². The number of nitriles is 1. The lowest BCUT2D eigenvalue weighted by Gasteiger charge is -2.32. The van der Waals surface area contributed by atoms with Crippen molar-refractivity contribution in [3.05, 3.63) is 34.3 Å². The van der Waals surface area contributed by atoms with Gasteiger partial charge in [0, 0.05) is 11.4 Å². The van der Waals surface area contributed by atoms with Crippen LogP contribution >= 0.6 is 11.6 Å². The van der Waals surface area contributed by atoms with Gasteiger partial charge in [-0.3, -0.25) is 0 Å². The fourth-order valence-corrected chi connectivity index (χ4v) is 3.32. The molecule has 1 unspecified atom stereocenters. The Hall–Kier alpha value is -1.12. The molecule has 0 bridgehead atoms. The molecule has 3 rings (SSSR count). The number of benzene rings is 1. The molecular formula is C16H19ClN2O2. The van der Waals surface area contributed by atoms with E-state index in [2.05, 4.69) is 11.4 Å². The third kappa shape index (κ3) is 3.38. The number of halogens is 1. The van der Waals surface area contributed by atoms with Crippen molar-refractivity contribution in [2.45, 2.75) is 37.6 Å². The van der Waals surface area contributed by atoms with Gasteiger partial charge in [-0.05, 0) is 43.6 Å². The van der Waals surface area contributed by atoms with Crippen LogP contribution in [0.2, 0.25) is 5.02 Å². The quantitative estimate of drug-likeness (QED) is 0.933. The number of nitrogens with zero attached hydrogens (tertiary/aromatic N) is 1. The maximum atomic E-state index is 8.83. The fraction of sp³-hybridized carbons (Fsp3) is 0.562. The summed E-state index contributed by atoms with van der Waals surface area (Å²) in [6, 6.07) is 7.39. The highest BCUT2D eigenvalue weighted by molar-refractivity contribution is 6.31. The Bertz CT molecular complexity index is 550. The van der Waals surface area contributed by atoms with E-state index in [4.69, 9.17) is 26.3 Å². The van der Waals surface area contributed by atoms with Gasteiger partial charge < -0.3 is 14.8 Å². The van der Waals surface area contributed by atoms with E-state index in [9.17, 15) is 0 Å². The first-order valence-corrected chi connectivity index (χ1v) is 7.73. The number of rotatable bonds is 3. The summed E-state index contributed by atoms with van der Waals surface area (Å²) in [6.45, 7) is 3.17. The molecule has 1 aromatic rings. The number of nitrogens with one attached hydrogen (secondary N) is 1. The molecule has 0 radical (unpaired) electrons. The summed E-state index contributed by atoms with van der Waals surface area (Å²) in [5.74, 6) is 0. The number of piperidine rings is 1. The molecule has 2 heterocycles. The van der Waals surface area contributed by atoms with Crippen LogP contribution in [0.25, 0.3) is 0 Å². The third-order valence-electron chi connectivity index (χ3n) is 4.35. The first kappa shape index (κ1) is 14.8. The first-order chi connectivity index (χ1) is 10.2. The van der Waals surface area contributed by atoms with Crippen molar-refractivity contribution in [2.24, 2.45) is 0 Å². The van der Waals surface area contributed by atoms with Crippen LogP contribution in [0.3, 0.4) is 0 Å². The maximum absolute atomic E-state index is 8.83. The van der Waals surface area contributed by atoms with Crippen LogP contribution < -0.4 is 5.32 Å². The van der Waals surface area contributed by atoms with Gasteiger partial charge in [0.25, 0.3) is 0 Å². The van der Waals surface area contributed by atoms with Gasteiger partial charge in [-0.15, -0.1) is 0 Å². The summed E-state index contributed by atoms with van der Waals surface area (Å²) in [6.07, 6.45) is 3.21. The van der Waals surface area contributed by atoms with E-state index in [1.165, 1.54) is 0 Å². The van der Waals surface area contributed by atoms with Crippen molar-refractivity contribution < 1.29 is 9.47 Å². The van der Waals surface area contributed by atoms with Gasteiger partial charge in [0.2, 0.25) is 0 Å². The average Bonchev–Trinajstić information content (AvgIpc) is 2.89. The van der Waals surface area contributed by atoms with E-state index >= 15 is 0 Å². The van der Waals surface area contributed by atoms with Crippen molar-refractivity contribution in [1.29, 1.82) is 5.26 Å². The summed E-state index contributed by atoms with van der Waals surface area (Å²) >= 11 is 6.17. The standard InChI is InChI=1S/C16H19ClN2O2/c17-15-7-12(9-18)1-2-13(15)10-20-14-8-16(21-11-14)3-5-19-6-4-16/h1-2,7,14,19H,3-6,8,10-11H2. The highest BCUT2D eigenvalue weighted by atomic mass is 35.5. The van der Waals surface area contributed by atoms with Gasteiger partial charge in [-0.25, -0.2) is 0 Å². The van der Waals surface area contributed by atoms with Gasteiger partial charge in [-0.2, -0.15) is 5.26 Å². The lowest BCUT2D eigenvalue weighted by atomic mass is 9.89. The molecule has 112 valence electrons. The molecular weight excluding hydrogens is 288 g/mol. The zero-order valence-corrected chi connectivity index (χ0v) is 12.7. The van der Waals surface area contributed by atoms with Crippen LogP contribution in [0.15, 0.2) is 18.2 Å². The molecule has 0 saturated carbocycles. The molecule has 4 nitrogen and oxygen atoms in total. The number of hydrogen-bond acceptors (Lipinski definition) is 4. The first-order valence-electron chi connectivity index (χ1n) is 7.36. The molecule has 2 saturated heterocycles. The SMILES string of the molecule is N#Cc1ccc(COC2COC3(CCNCC3)C2)c(Cl)c1. The second-order valence-corrected chi connectivity index (χ2v) is 6.21. The second-order valence-electron chi connectivity index (χ2n) is 5.80. The van der Waals surface area contributed by atoms with E-state index in [1.54, 1.807) is 12.1 Å². The molecule has 1 atom stereocenters. The van der Waals surface area contributed by atoms with Crippen molar-refractivity contribution in [1.82, 2.24) is 5.32 Å². The van der Waals surface area contributed by atoms with E-state index in [0.29, 0.717) is 23.8 Å². The monoisotopic (exact) mass is 306 g/mol. The molecule has 2 aliphatic heterocycles. The van der Waals surface area contributed by atoms with Crippen LogP contribution in [-0.4, -0.2) is 31.4 Å². The minimum atomic E-state index is 0.0182. The second kappa shape index (κ2) is 6.33. The Morgan fingerprint density at radius 1 is 1.43 bits per heavy atom. The van der Waals surface area contributed by atoms with Gasteiger partial charge in [-0.1, -0.05) is 17.7 Å². The largest absolute Gasteiger partial charge is 0.372 e. The smallest absolute Gasteiger partial charge is 0.0992 e. The van der Waals surface area contributed by atoms with Crippen LogP contribution in [0, 0.1) is 11.3 Å². The lowest BCUT2D eigenvalue weighted by molar-refractivity contribution is -0.0240. The van der Waals surface area contributed by atoms with Crippen LogP contribution in [0.4, 0.5) is 0 Å². The highest BCUT2D eigenvalue weighted by Gasteiger charge is 2.41. The van der Waals surface area contributed by atoms with Crippen LogP contribution in [0.1, 0.15) is 30.4 Å². The predicted molar refractivity (Wildman–Crippen MR) is 80.1 cm³/mol. The maximum Gasteiger partial charge on any atom is 0.0992 e. The van der Waals surface area contributed by atoms with Crippen LogP contribution in [0.5, 0.6) is 0 Å². The summed E-state index contributed by atoms with van der Waals surface area (Å²) in [4.78, 5) is 0. The Morgan fingerprint density at radius 2 is 2.24 bits per heavy atom. The predicted octanol–water partition coefficient (Wildman–Crippen LogP) is 2.64. The molecule has 5 heteroatoms. The summed E-state index contributed by atoms with van der Waals surface area (Å²) in [5, 5.41) is 12.8. The third-order valence-corrected chi connectivity index (χ3v) is 4.70. The van der Waals surface area contributed by atoms with Gasteiger partial charge >= 0.3 is 0 Å². The van der Waals surface area contributed by atoms with E-state index in [0.717, 1.165) is 37.9 Å². The molecule has 2 fully saturated rings. The normalized spacial score (nSPS) is 24.1. The molecule has 1 N–H and O–H groups in total. The van der Waals surface area contributed by atoms with E-state index < -0.39 is 0 Å². The summed E-state index contributed by atoms with van der Waals surface area (Å²) in [5.41, 5.74) is 1.51. The molecule has 0 aromatic heterocycles. The Morgan fingerprint density at radius 3 is 2.95 bits per heavy atom. The molecule has 1 spiro atoms. The minimum absolute atomic E-state index is 0.0182. The molecule has 0 aliphatic carbocycles. The van der Waals surface area contributed by atoms with E-state index in [1.807, 2.05) is 6.07 Å². The molecule has 1 aromatic carbocycles. The summed E-state index contributed by atoms with van der Waals surface area (Å²) in [7, 11) is 0. The fourth-order valence-electron chi connectivity index (χ4n) is 3.08. The van der Waals surface area contributed by atoms with Gasteiger partial charge in [0.05, 0.1) is 36.6 Å². The minimum Gasteiger partial charge on any atom is -0.372 e. The Balaban J connectivity index is 1.55. The summed E-state index contributed by atoms with van der Waals surface area (Å²) < 4.78 is 12.0. The lowest BCUT2D eigenvalue weighted by Crippen LogP contribution is -2.41. The van der Waals surface area contributed by atoms with Gasteiger partial charge in [0.15, 0.2) is 0 Å². The number of hydrogen-bond donors (Lipinski definition) is 1. The van der Waals surface area contributed by atoms with Crippen molar-refractivity contribution in [2.75, 3.05) is 19.7 Å². The molecule has 21 heavy (non-hydrogen) atoms. The number of ether oxygens (including phenoxy) is 2. The average molecular weight is 307 g/mol. The van der Waals surface area contributed by atoms with Crippen molar-refractivity contribution in [3.8, 4) is 6.07 Å². The zero-order chi connectivity index (χ0) is 14.7. The zero-order valence-electron chi connectivity index (χ0n) is 11.9. The molecule has 2 aliphatic rings. The Kier molecular flexibility index (Phi) is 4.46. The topological polar surface area (TPSA) is 54.3 Å². The van der Waals surface area contributed by atoms with Crippen molar-refractivity contribution >= 4 is 11.6 Å². The molecule has 0 amide bonds.